The van der Waals surface area contributed by atoms with Gasteiger partial charge < -0.3 is 15.2 Å². The van der Waals surface area contributed by atoms with Crippen molar-refractivity contribution in [3.8, 4) is 5.75 Å². The minimum atomic E-state index is -0.985. The summed E-state index contributed by atoms with van der Waals surface area (Å²) in [4.78, 5) is 22.0. The van der Waals surface area contributed by atoms with E-state index in [0.717, 1.165) is 16.9 Å². The Balaban J connectivity index is 1.87. The van der Waals surface area contributed by atoms with E-state index in [4.69, 9.17) is 33.0 Å². The number of hydrogen-bond donors (Lipinski definition) is 2. The van der Waals surface area contributed by atoms with Gasteiger partial charge in [-0.25, -0.2) is 0 Å². The van der Waals surface area contributed by atoms with Crippen LogP contribution in [0.2, 0.25) is 10.0 Å². The minimum absolute atomic E-state index is 0.0230. The van der Waals surface area contributed by atoms with Gasteiger partial charge in [-0.3, -0.25) is 9.59 Å². The Morgan fingerprint density at radius 2 is 1.81 bits per heavy atom. The van der Waals surface area contributed by atoms with E-state index in [1.807, 2.05) is 30.3 Å². The van der Waals surface area contributed by atoms with Gasteiger partial charge in [0, 0.05) is 13.0 Å². The molecule has 0 aliphatic carbocycles. The number of hydrogen-bond acceptors (Lipinski definition) is 3. The second-order valence-corrected chi connectivity index (χ2v) is 6.45. The van der Waals surface area contributed by atoms with Gasteiger partial charge in [0.1, 0.15) is 12.4 Å². The first-order chi connectivity index (χ1) is 12.5. The topological polar surface area (TPSA) is 75.6 Å². The van der Waals surface area contributed by atoms with Crippen LogP contribution in [0.25, 0.3) is 0 Å². The van der Waals surface area contributed by atoms with Crippen molar-refractivity contribution in [2.45, 2.75) is 25.9 Å². The van der Waals surface area contributed by atoms with Gasteiger partial charge in [0.2, 0.25) is 5.91 Å². The second kappa shape index (κ2) is 10.0. The smallest absolute Gasteiger partial charge is 0.303 e. The molecule has 0 spiro atoms. The van der Waals surface area contributed by atoms with Crippen LogP contribution in [0, 0.1) is 0 Å². The molecule has 0 radical (unpaired) electrons. The minimum Gasteiger partial charge on any atom is -0.489 e. The summed E-state index contributed by atoms with van der Waals surface area (Å²) in [5.74, 6) is -0.541. The lowest BCUT2D eigenvalue weighted by Crippen LogP contribution is -2.26. The molecular weight excluding hydrogens is 377 g/mol. The van der Waals surface area contributed by atoms with Crippen LogP contribution in [0.15, 0.2) is 42.5 Å². The summed E-state index contributed by atoms with van der Waals surface area (Å²) in [5.41, 5.74) is 1.85. The molecule has 1 amide bonds. The average Bonchev–Trinajstić information content (AvgIpc) is 2.62. The van der Waals surface area contributed by atoms with Gasteiger partial charge in [-0.2, -0.15) is 0 Å². The van der Waals surface area contributed by atoms with Crippen LogP contribution in [0.1, 0.15) is 24.0 Å². The van der Waals surface area contributed by atoms with Gasteiger partial charge in [0.05, 0.1) is 16.5 Å². The summed E-state index contributed by atoms with van der Waals surface area (Å²) in [5, 5.41) is 12.3. The van der Waals surface area contributed by atoms with Crippen LogP contribution in [-0.4, -0.2) is 23.5 Å². The molecule has 7 heteroatoms. The van der Waals surface area contributed by atoms with E-state index in [1.165, 1.54) is 0 Å². The third-order valence-electron chi connectivity index (χ3n) is 3.63. The number of aliphatic carboxylic acids is 1. The summed E-state index contributed by atoms with van der Waals surface area (Å²) in [6.07, 6.45) is 0.385. The molecule has 26 heavy (non-hydrogen) atoms. The van der Waals surface area contributed by atoms with E-state index in [2.05, 4.69) is 5.32 Å². The molecule has 2 aromatic rings. The molecule has 0 saturated heterocycles. The highest BCUT2D eigenvalue weighted by Crippen LogP contribution is 2.24. The van der Waals surface area contributed by atoms with Gasteiger partial charge in [-0.1, -0.05) is 47.5 Å². The highest BCUT2D eigenvalue weighted by Gasteiger charge is 2.07. The first kappa shape index (κ1) is 20.1. The fourth-order valence-corrected chi connectivity index (χ4v) is 2.61. The third-order valence-corrected chi connectivity index (χ3v) is 4.37. The van der Waals surface area contributed by atoms with Crippen molar-refractivity contribution >= 4 is 35.1 Å². The van der Waals surface area contributed by atoms with Crippen LogP contribution in [0.4, 0.5) is 0 Å². The van der Waals surface area contributed by atoms with E-state index < -0.39 is 5.97 Å². The molecule has 0 heterocycles. The van der Waals surface area contributed by atoms with Crippen molar-refractivity contribution < 1.29 is 19.4 Å². The van der Waals surface area contributed by atoms with Crippen molar-refractivity contribution in [2.75, 3.05) is 6.54 Å². The lowest BCUT2D eigenvalue weighted by Gasteiger charge is -2.12. The number of amides is 1. The van der Waals surface area contributed by atoms with Crippen LogP contribution in [0.5, 0.6) is 5.75 Å². The number of carbonyl (C=O) groups is 2. The Morgan fingerprint density at radius 3 is 2.54 bits per heavy atom. The molecule has 0 unspecified atom stereocenters. The number of nitrogens with one attached hydrogen (secondary N) is 1. The normalized spacial score (nSPS) is 10.4. The highest BCUT2D eigenvalue weighted by molar-refractivity contribution is 6.42. The number of halogens is 2. The van der Waals surface area contributed by atoms with E-state index in [1.54, 1.807) is 12.1 Å². The molecule has 0 saturated carbocycles. The zero-order chi connectivity index (χ0) is 18.9. The van der Waals surface area contributed by atoms with E-state index in [9.17, 15) is 9.59 Å². The quantitative estimate of drug-likeness (QED) is 0.669. The fourth-order valence-electron chi connectivity index (χ4n) is 2.29. The van der Waals surface area contributed by atoms with Crippen molar-refractivity contribution in [1.82, 2.24) is 5.32 Å². The molecule has 0 aromatic heterocycles. The Hall–Kier alpha value is -2.24. The third kappa shape index (κ3) is 6.58. The largest absolute Gasteiger partial charge is 0.489 e. The number of para-hydroxylation sites is 1. The maximum Gasteiger partial charge on any atom is 0.303 e. The zero-order valence-electron chi connectivity index (χ0n) is 14.0. The lowest BCUT2D eigenvalue weighted by molar-refractivity contribution is -0.138. The number of carboxylic acids is 1. The molecule has 5 nitrogen and oxygen atoms in total. The van der Waals surface area contributed by atoms with Crippen molar-refractivity contribution in [3.05, 3.63) is 63.6 Å². The maximum atomic E-state index is 11.6. The first-order valence-electron chi connectivity index (χ1n) is 8.09. The van der Waals surface area contributed by atoms with Crippen LogP contribution < -0.4 is 10.1 Å². The number of ether oxygens (including phenoxy) is 1. The van der Waals surface area contributed by atoms with Crippen LogP contribution in [0.3, 0.4) is 0 Å². The zero-order valence-corrected chi connectivity index (χ0v) is 15.5. The van der Waals surface area contributed by atoms with Crippen molar-refractivity contribution in [2.24, 2.45) is 0 Å². The summed E-state index contributed by atoms with van der Waals surface area (Å²) < 4.78 is 5.86. The molecule has 0 bridgehead atoms. The van der Waals surface area contributed by atoms with Crippen molar-refractivity contribution in [1.29, 1.82) is 0 Å². The van der Waals surface area contributed by atoms with Crippen LogP contribution >= 0.6 is 23.2 Å². The Labute approximate surface area is 161 Å². The monoisotopic (exact) mass is 395 g/mol. The SMILES string of the molecule is O=C(O)CCC(=O)NCCc1ccccc1OCc1ccc(Cl)c(Cl)c1. The molecule has 0 fully saturated rings. The molecule has 0 aliphatic rings. The Kier molecular flexibility index (Phi) is 7.75. The van der Waals surface area contributed by atoms with E-state index in [0.29, 0.717) is 29.6 Å². The first-order valence-corrected chi connectivity index (χ1v) is 8.84. The van der Waals surface area contributed by atoms with Crippen molar-refractivity contribution in [3.63, 3.8) is 0 Å². The number of rotatable bonds is 9. The molecular formula is C19H19Cl2NO4. The number of benzene rings is 2. The number of carbonyl (C=O) groups excluding carboxylic acids is 1. The van der Waals surface area contributed by atoms with Gasteiger partial charge in [0.25, 0.3) is 0 Å². The fraction of sp³-hybridized carbons (Fsp3) is 0.263. The summed E-state index contributed by atoms with van der Waals surface area (Å²) in [6.45, 7) is 0.754. The molecule has 2 aromatic carbocycles. The van der Waals surface area contributed by atoms with Gasteiger partial charge in [0.15, 0.2) is 0 Å². The van der Waals surface area contributed by atoms with Gasteiger partial charge >= 0.3 is 5.97 Å². The standard InChI is InChI=1S/C19H19Cl2NO4/c20-15-6-5-13(11-16(15)21)12-26-17-4-2-1-3-14(17)9-10-22-18(23)7-8-19(24)25/h1-6,11H,7-10,12H2,(H,22,23)(H,24,25). The van der Waals surface area contributed by atoms with Crippen LogP contribution in [-0.2, 0) is 22.6 Å². The Bertz CT molecular complexity index is 780. The lowest BCUT2D eigenvalue weighted by atomic mass is 10.1. The molecule has 0 aliphatic heterocycles. The second-order valence-electron chi connectivity index (χ2n) is 5.64. The molecule has 2 N–H and O–H groups in total. The molecule has 138 valence electrons. The Morgan fingerprint density at radius 1 is 1.04 bits per heavy atom. The molecule has 2 rings (SSSR count). The number of carboxylic acid groups (broad SMARTS) is 1. The highest BCUT2D eigenvalue weighted by atomic mass is 35.5. The summed E-state index contributed by atoms with van der Waals surface area (Å²) >= 11 is 11.9. The van der Waals surface area contributed by atoms with Gasteiger partial charge in [-0.15, -0.1) is 0 Å². The predicted molar refractivity (Wildman–Crippen MR) is 101 cm³/mol. The molecule has 0 atom stereocenters. The van der Waals surface area contributed by atoms with Gasteiger partial charge in [-0.05, 0) is 35.7 Å². The summed E-state index contributed by atoms with van der Waals surface area (Å²) in [6, 6.07) is 12.9. The maximum absolute atomic E-state index is 11.6. The summed E-state index contributed by atoms with van der Waals surface area (Å²) in [7, 11) is 0. The van der Waals surface area contributed by atoms with E-state index in [-0.39, 0.29) is 18.7 Å². The predicted octanol–water partition coefficient (Wildman–Crippen LogP) is 4.10. The van der Waals surface area contributed by atoms with E-state index >= 15 is 0 Å². The average molecular weight is 396 g/mol.